The van der Waals surface area contributed by atoms with E-state index >= 15 is 0 Å². The molecule has 1 aliphatic rings. The minimum absolute atomic E-state index is 0.0135. The van der Waals surface area contributed by atoms with Crippen molar-refractivity contribution >= 4 is 17.5 Å². The van der Waals surface area contributed by atoms with E-state index in [9.17, 15) is 41.0 Å². The van der Waals surface area contributed by atoms with Crippen molar-refractivity contribution in [2.75, 3.05) is 31.6 Å². The Kier molecular flexibility index (Phi) is 7.63. The quantitative estimate of drug-likeness (QED) is 0.593. The Morgan fingerprint density at radius 2 is 1.86 bits per heavy atom. The smallest absolute Gasteiger partial charge is 0.416 e. The number of β-amino-alcohol motifs (C(OH)–C–C–N with tert-alkyl or cyclic N) is 1. The first-order valence-corrected chi connectivity index (χ1v) is 10.5. The number of carbonyl (C=O) groups is 2. The van der Waals surface area contributed by atoms with E-state index in [2.05, 4.69) is 5.32 Å². The Hall–Kier alpha value is -3.28. The molecule has 190 valence electrons. The number of aliphatic hydroxyl groups excluding tert-OH is 1. The van der Waals surface area contributed by atoms with E-state index in [1.54, 1.807) is 6.92 Å². The number of nitrogens with one attached hydrogen (secondary N) is 1. The highest BCUT2D eigenvalue weighted by atomic mass is 19.4. The molecule has 1 atom stereocenters. The summed E-state index contributed by atoms with van der Waals surface area (Å²) in [4.78, 5) is 27.0. The van der Waals surface area contributed by atoms with Crippen LogP contribution in [0.2, 0.25) is 0 Å². The number of hydrogen-bond acceptors (Lipinski definition) is 4. The Balaban J connectivity index is 1.92. The highest BCUT2D eigenvalue weighted by Gasteiger charge is 2.37. The molecule has 1 heterocycles. The molecule has 2 N–H and O–H groups in total. The number of para-hydroxylation sites is 1. The number of aliphatic hydroxyl groups is 1. The van der Waals surface area contributed by atoms with Gasteiger partial charge < -0.3 is 20.1 Å². The Morgan fingerprint density at radius 3 is 2.49 bits per heavy atom. The normalized spacial score (nSPS) is 16.7. The van der Waals surface area contributed by atoms with E-state index in [1.165, 1.54) is 23.1 Å². The summed E-state index contributed by atoms with van der Waals surface area (Å²) in [5.41, 5.74) is -3.46. The summed E-state index contributed by atoms with van der Waals surface area (Å²) in [6.07, 6.45) is -10.9. The van der Waals surface area contributed by atoms with E-state index in [4.69, 9.17) is 4.74 Å². The van der Waals surface area contributed by atoms with Crippen molar-refractivity contribution in [3.63, 3.8) is 0 Å². The van der Waals surface area contributed by atoms with E-state index in [-0.39, 0.29) is 42.7 Å². The topological polar surface area (TPSA) is 78.9 Å². The molecule has 12 heteroatoms. The van der Waals surface area contributed by atoms with Gasteiger partial charge in [0.25, 0.3) is 5.91 Å². The Labute approximate surface area is 196 Å². The third-order valence-electron chi connectivity index (χ3n) is 5.31. The summed E-state index contributed by atoms with van der Waals surface area (Å²) in [5.74, 6) is -1.65. The lowest BCUT2D eigenvalue weighted by molar-refractivity contribution is -0.142. The van der Waals surface area contributed by atoms with Gasteiger partial charge >= 0.3 is 12.4 Å². The molecular weight excluding hydrogens is 482 g/mol. The predicted octanol–water partition coefficient (Wildman–Crippen LogP) is 4.37. The summed E-state index contributed by atoms with van der Waals surface area (Å²) in [7, 11) is 0. The standard InChI is InChI=1S/C23H22F6N2O4/c1-13-11-31(7-8-32)21(34)16-3-2-4-18(20(16)35-12-13)30-19(33)10-14-9-15(22(24,25)26)5-6-17(14)23(27,28)29/h2-6,9,13,32H,7-8,10-12H2,1H3,(H,30,33)/t13-/m1/s1. The second kappa shape index (κ2) is 10.1. The summed E-state index contributed by atoms with van der Waals surface area (Å²) in [6.45, 7) is 2.04. The summed E-state index contributed by atoms with van der Waals surface area (Å²) < 4.78 is 84.9. The zero-order valence-electron chi connectivity index (χ0n) is 18.5. The third kappa shape index (κ3) is 6.24. The lowest BCUT2D eigenvalue weighted by atomic mass is 10.00. The highest BCUT2D eigenvalue weighted by Crippen LogP contribution is 2.37. The van der Waals surface area contributed by atoms with Crippen molar-refractivity contribution in [2.24, 2.45) is 5.92 Å². The molecule has 0 bridgehead atoms. The monoisotopic (exact) mass is 504 g/mol. The molecule has 0 unspecified atom stereocenters. The molecule has 0 saturated heterocycles. The summed E-state index contributed by atoms with van der Waals surface area (Å²) in [5, 5.41) is 11.6. The van der Waals surface area contributed by atoms with Crippen molar-refractivity contribution in [1.29, 1.82) is 0 Å². The average molecular weight is 504 g/mol. The van der Waals surface area contributed by atoms with Gasteiger partial charge in [-0.1, -0.05) is 13.0 Å². The fourth-order valence-corrected chi connectivity index (χ4v) is 3.74. The zero-order valence-corrected chi connectivity index (χ0v) is 18.5. The minimum Gasteiger partial charge on any atom is -0.490 e. The van der Waals surface area contributed by atoms with E-state index in [1.807, 2.05) is 0 Å². The summed E-state index contributed by atoms with van der Waals surface area (Å²) >= 11 is 0. The van der Waals surface area contributed by atoms with Crippen molar-refractivity contribution in [3.05, 3.63) is 58.7 Å². The van der Waals surface area contributed by atoms with Gasteiger partial charge in [-0.25, -0.2) is 0 Å². The van der Waals surface area contributed by atoms with E-state index in [0.29, 0.717) is 24.7 Å². The largest absolute Gasteiger partial charge is 0.490 e. The van der Waals surface area contributed by atoms with E-state index in [0.717, 1.165) is 0 Å². The van der Waals surface area contributed by atoms with Crippen LogP contribution in [0.3, 0.4) is 0 Å². The minimum atomic E-state index is -4.97. The lowest BCUT2D eigenvalue weighted by Gasteiger charge is -2.30. The van der Waals surface area contributed by atoms with Crippen LogP contribution in [-0.4, -0.2) is 48.1 Å². The van der Waals surface area contributed by atoms with Crippen LogP contribution in [0.5, 0.6) is 5.75 Å². The maximum atomic E-state index is 13.3. The second-order valence-corrected chi connectivity index (χ2v) is 8.17. The summed E-state index contributed by atoms with van der Waals surface area (Å²) in [6, 6.07) is 5.12. The van der Waals surface area contributed by atoms with Gasteiger partial charge in [0.05, 0.1) is 42.0 Å². The van der Waals surface area contributed by atoms with Crippen LogP contribution >= 0.6 is 0 Å². The van der Waals surface area contributed by atoms with Gasteiger partial charge in [0, 0.05) is 19.0 Å². The van der Waals surface area contributed by atoms with Crippen molar-refractivity contribution < 1.29 is 45.8 Å². The van der Waals surface area contributed by atoms with Crippen LogP contribution in [0.15, 0.2) is 36.4 Å². The number of anilines is 1. The van der Waals surface area contributed by atoms with Gasteiger partial charge in [-0.15, -0.1) is 0 Å². The molecule has 0 spiro atoms. The first-order valence-electron chi connectivity index (χ1n) is 10.5. The number of rotatable bonds is 5. The van der Waals surface area contributed by atoms with Gasteiger partial charge in [0.2, 0.25) is 5.91 Å². The predicted molar refractivity (Wildman–Crippen MR) is 113 cm³/mol. The van der Waals surface area contributed by atoms with Crippen LogP contribution in [0.4, 0.5) is 32.0 Å². The molecule has 0 aliphatic carbocycles. The molecule has 0 fully saturated rings. The van der Waals surface area contributed by atoms with Gasteiger partial charge in [0.1, 0.15) is 0 Å². The van der Waals surface area contributed by atoms with Crippen molar-refractivity contribution in [2.45, 2.75) is 25.7 Å². The molecule has 3 rings (SSSR count). The number of fused-ring (bicyclic) bond motifs is 1. The van der Waals surface area contributed by atoms with Gasteiger partial charge in [-0.3, -0.25) is 9.59 Å². The molecule has 1 aliphatic heterocycles. The molecule has 2 aromatic rings. The molecule has 0 aromatic heterocycles. The fourth-order valence-electron chi connectivity index (χ4n) is 3.74. The van der Waals surface area contributed by atoms with E-state index < -0.39 is 47.3 Å². The first-order chi connectivity index (χ1) is 16.3. The van der Waals surface area contributed by atoms with Crippen molar-refractivity contribution in [1.82, 2.24) is 4.90 Å². The van der Waals surface area contributed by atoms with Crippen LogP contribution < -0.4 is 10.1 Å². The molecule has 0 radical (unpaired) electrons. The number of nitrogens with zero attached hydrogens (tertiary/aromatic N) is 1. The Bertz CT molecular complexity index is 1100. The number of halogens is 6. The van der Waals surface area contributed by atoms with Crippen LogP contribution in [0.25, 0.3) is 0 Å². The number of alkyl halides is 6. The van der Waals surface area contributed by atoms with Crippen molar-refractivity contribution in [3.8, 4) is 5.75 Å². The molecular formula is C23H22F6N2O4. The zero-order chi connectivity index (χ0) is 26.0. The Morgan fingerprint density at radius 1 is 1.14 bits per heavy atom. The SMILES string of the molecule is C[C@H]1COc2c(NC(=O)Cc3cc(C(F)(F)F)ccc3C(F)(F)F)cccc2C(=O)N(CCO)C1. The lowest BCUT2D eigenvalue weighted by Crippen LogP contribution is -2.40. The highest BCUT2D eigenvalue weighted by molar-refractivity contribution is 6.01. The van der Waals surface area contributed by atoms with Crippen LogP contribution in [0.1, 0.15) is 34.0 Å². The van der Waals surface area contributed by atoms with Gasteiger partial charge in [-0.05, 0) is 35.9 Å². The molecule has 2 aromatic carbocycles. The molecule has 6 nitrogen and oxygen atoms in total. The number of amides is 2. The molecule has 0 saturated carbocycles. The second-order valence-electron chi connectivity index (χ2n) is 8.17. The average Bonchev–Trinajstić information content (AvgIpc) is 2.75. The number of carbonyl (C=O) groups excluding carboxylic acids is 2. The fraction of sp³-hybridized carbons (Fsp3) is 0.391. The maximum absolute atomic E-state index is 13.3. The van der Waals surface area contributed by atoms with Gasteiger partial charge in [-0.2, -0.15) is 26.3 Å². The first kappa shape index (κ1) is 26.3. The van der Waals surface area contributed by atoms with Gasteiger partial charge in [0.15, 0.2) is 5.75 Å². The maximum Gasteiger partial charge on any atom is 0.416 e. The number of benzene rings is 2. The molecule has 35 heavy (non-hydrogen) atoms. The van der Waals surface area contributed by atoms with Crippen LogP contribution in [0, 0.1) is 5.92 Å². The molecule has 2 amide bonds. The number of hydrogen-bond donors (Lipinski definition) is 2. The third-order valence-corrected chi connectivity index (χ3v) is 5.31. The van der Waals surface area contributed by atoms with Crippen LogP contribution in [-0.2, 0) is 23.6 Å². The number of ether oxygens (including phenoxy) is 1.